The summed E-state index contributed by atoms with van der Waals surface area (Å²) in [5, 5.41) is 19.2. The third-order valence-electron chi connectivity index (χ3n) is 1.52. The number of benzene rings is 1. The molecule has 16 heavy (non-hydrogen) atoms. The molecular weight excluding hydrogens is 233 g/mol. The third-order valence-corrected chi connectivity index (χ3v) is 1.74. The minimum absolute atomic E-state index is 0.194. The fraction of sp³-hybridized carbons (Fsp3) is 0. The Kier molecular flexibility index (Phi) is 3.80. The van der Waals surface area contributed by atoms with Crippen molar-refractivity contribution >= 4 is 28.8 Å². The number of hydrogen-bond donors (Lipinski definition) is 3. The van der Waals surface area contributed by atoms with Crippen molar-refractivity contribution in [3.63, 3.8) is 0 Å². The monoisotopic (exact) mass is 239 g/mol. The maximum Gasteiger partial charge on any atom is 0.201 e. The molecule has 0 atom stereocenters. The Bertz CT molecular complexity index is 471. The van der Waals surface area contributed by atoms with Crippen LogP contribution in [0.2, 0.25) is 5.02 Å². The maximum atomic E-state index is 12.9. The molecule has 0 aliphatic carbocycles. The van der Waals surface area contributed by atoms with Crippen LogP contribution < -0.4 is 11.2 Å². The quantitative estimate of drug-likeness (QED) is 0.425. The van der Waals surface area contributed by atoms with Crippen LogP contribution in [0.5, 0.6) is 0 Å². The van der Waals surface area contributed by atoms with Gasteiger partial charge in [-0.15, -0.1) is 0 Å². The summed E-state index contributed by atoms with van der Waals surface area (Å²) in [4.78, 5) is 0. The Morgan fingerprint density at radius 2 is 2.25 bits per heavy atom. The molecule has 0 fully saturated rings. The van der Waals surface area contributed by atoms with Crippen LogP contribution in [0.1, 0.15) is 0 Å². The smallest absolute Gasteiger partial charge is 0.201 e. The van der Waals surface area contributed by atoms with E-state index in [0.717, 1.165) is 12.1 Å². The van der Waals surface area contributed by atoms with Gasteiger partial charge in [-0.1, -0.05) is 11.6 Å². The third kappa shape index (κ3) is 3.22. The van der Waals surface area contributed by atoms with Gasteiger partial charge in [0.1, 0.15) is 11.9 Å². The van der Waals surface area contributed by atoms with Gasteiger partial charge in [0, 0.05) is 5.02 Å². The lowest BCUT2D eigenvalue weighted by molar-refractivity contribution is 0.628. The highest BCUT2D eigenvalue weighted by atomic mass is 35.5. The van der Waals surface area contributed by atoms with Crippen LogP contribution in [0.3, 0.4) is 0 Å². The van der Waals surface area contributed by atoms with Gasteiger partial charge in [-0.2, -0.15) is 10.4 Å². The van der Waals surface area contributed by atoms with Crippen molar-refractivity contribution in [2.24, 2.45) is 10.8 Å². The largest absolute Gasteiger partial charge is 0.382 e. The van der Waals surface area contributed by atoms with Crippen molar-refractivity contribution in [1.82, 2.24) is 0 Å². The average Bonchev–Trinajstić information content (AvgIpc) is 2.16. The fourth-order valence-corrected chi connectivity index (χ4v) is 1.11. The van der Waals surface area contributed by atoms with Crippen molar-refractivity contribution < 1.29 is 4.39 Å². The lowest BCUT2D eigenvalue weighted by Crippen LogP contribution is -2.21. The van der Waals surface area contributed by atoms with E-state index in [1.807, 2.05) is 0 Å². The average molecular weight is 240 g/mol. The predicted molar refractivity (Wildman–Crippen MR) is 60.0 cm³/mol. The second-order valence-electron chi connectivity index (χ2n) is 2.76. The van der Waals surface area contributed by atoms with Crippen LogP contribution in [-0.4, -0.2) is 11.5 Å². The molecule has 1 aromatic carbocycles. The van der Waals surface area contributed by atoms with Crippen LogP contribution in [0, 0.1) is 22.6 Å². The van der Waals surface area contributed by atoms with Crippen LogP contribution in [0.4, 0.5) is 10.1 Å². The minimum Gasteiger partial charge on any atom is -0.382 e. The summed E-state index contributed by atoms with van der Waals surface area (Å²) in [5.41, 5.74) is 7.41. The summed E-state index contributed by atoms with van der Waals surface area (Å²) in [5.74, 6) is -1.01. The molecule has 0 saturated heterocycles. The lowest BCUT2D eigenvalue weighted by atomic mass is 10.3. The molecule has 0 spiro atoms. The Morgan fingerprint density at radius 1 is 1.56 bits per heavy atom. The molecular formula is C9H7ClFN5. The molecule has 0 unspecified atom stereocenters. The van der Waals surface area contributed by atoms with E-state index in [2.05, 4.69) is 10.5 Å². The Labute approximate surface area is 95.8 Å². The molecule has 0 aliphatic heterocycles. The summed E-state index contributed by atoms with van der Waals surface area (Å²) in [7, 11) is 0. The summed E-state index contributed by atoms with van der Waals surface area (Å²) in [6, 6.07) is 5.31. The molecule has 0 bridgehead atoms. The molecule has 5 nitrogen and oxygen atoms in total. The number of nitrogens with two attached hydrogens (primary N) is 1. The number of nitrogens with one attached hydrogen (secondary N) is 2. The summed E-state index contributed by atoms with van der Waals surface area (Å²) < 4.78 is 12.9. The van der Waals surface area contributed by atoms with Gasteiger partial charge in [0.2, 0.25) is 5.71 Å². The van der Waals surface area contributed by atoms with Crippen molar-refractivity contribution in [3.05, 3.63) is 29.0 Å². The van der Waals surface area contributed by atoms with Crippen LogP contribution >= 0.6 is 11.6 Å². The molecule has 0 saturated carbocycles. The first-order valence-corrected chi connectivity index (χ1v) is 4.45. The molecule has 0 aliphatic rings. The highest BCUT2D eigenvalue weighted by Crippen LogP contribution is 2.17. The highest BCUT2D eigenvalue weighted by molar-refractivity contribution is 6.45. The van der Waals surface area contributed by atoms with E-state index in [-0.39, 0.29) is 16.4 Å². The zero-order chi connectivity index (χ0) is 12.1. The molecule has 1 rings (SSSR count). The molecule has 0 amide bonds. The highest BCUT2D eigenvalue weighted by Gasteiger charge is 2.02. The van der Waals surface area contributed by atoms with Crippen molar-refractivity contribution in [2.75, 3.05) is 5.43 Å². The molecule has 0 radical (unpaired) electrons. The van der Waals surface area contributed by atoms with Crippen molar-refractivity contribution in [3.8, 4) is 6.07 Å². The Balaban J connectivity index is 2.90. The van der Waals surface area contributed by atoms with Crippen molar-refractivity contribution in [2.45, 2.75) is 0 Å². The van der Waals surface area contributed by atoms with Gasteiger partial charge < -0.3 is 5.73 Å². The number of hydrogen-bond acceptors (Lipinski definition) is 4. The standard InChI is InChI=1S/C9H7ClFN5/c10-5-1-6(11)3-7(2-5)15-16-8(4-12)9(13)14/h1-3,15H,(H3,13,14)/b16-8+. The van der Waals surface area contributed by atoms with E-state index in [0.29, 0.717) is 0 Å². The zero-order valence-corrected chi connectivity index (χ0v) is 8.72. The number of nitriles is 1. The summed E-state index contributed by atoms with van der Waals surface area (Å²) in [6.07, 6.45) is 0. The van der Waals surface area contributed by atoms with E-state index in [9.17, 15) is 4.39 Å². The molecule has 0 heterocycles. The van der Waals surface area contributed by atoms with E-state index in [1.165, 1.54) is 6.07 Å². The zero-order valence-electron chi connectivity index (χ0n) is 7.96. The van der Waals surface area contributed by atoms with E-state index in [4.69, 9.17) is 28.0 Å². The van der Waals surface area contributed by atoms with Crippen LogP contribution in [0.15, 0.2) is 23.3 Å². The molecule has 4 N–H and O–H groups in total. The van der Waals surface area contributed by atoms with Crippen LogP contribution in [-0.2, 0) is 0 Å². The Morgan fingerprint density at radius 3 is 2.75 bits per heavy atom. The minimum atomic E-state index is -0.536. The SMILES string of the molecule is N#C/C(=N\Nc1cc(F)cc(Cl)c1)C(=N)N. The van der Waals surface area contributed by atoms with Gasteiger partial charge >= 0.3 is 0 Å². The molecule has 0 aromatic heterocycles. The first kappa shape index (κ1) is 11.9. The van der Waals surface area contributed by atoms with Crippen LogP contribution in [0.25, 0.3) is 0 Å². The second-order valence-corrected chi connectivity index (χ2v) is 3.19. The second kappa shape index (κ2) is 5.09. The number of rotatable bonds is 3. The molecule has 7 heteroatoms. The number of amidine groups is 1. The fourth-order valence-electron chi connectivity index (χ4n) is 0.884. The normalized spacial score (nSPS) is 10.7. The number of nitrogens with zero attached hydrogens (tertiary/aromatic N) is 2. The predicted octanol–water partition coefficient (Wildman–Crippen LogP) is 1.71. The van der Waals surface area contributed by atoms with Gasteiger partial charge in [0.25, 0.3) is 0 Å². The summed E-state index contributed by atoms with van der Waals surface area (Å²) in [6.45, 7) is 0. The van der Waals surface area contributed by atoms with E-state index < -0.39 is 11.7 Å². The number of halogens is 2. The lowest BCUT2D eigenvalue weighted by Gasteiger charge is -2.01. The first-order chi connectivity index (χ1) is 7.52. The topological polar surface area (TPSA) is 98.0 Å². The van der Waals surface area contributed by atoms with Gasteiger partial charge in [-0.25, -0.2) is 4.39 Å². The van der Waals surface area contributed by atoms with Gasteiger partial charge in [-0.3, -0.25) is 10.8 Å². The van der Waals surface area contributed by atoms with Gasteiger partial charge in [0.05, 0.1) is 5.69 Å². The molecule has 1 aromatic rings. The van der Waals surface area contributed by atoms with Gasteiger partial charge in [0.15, 0.2) is 5.84 Å². The van der Waals surface area contributed by atoms with E-state index in [1.54, 1.807) is 6.07 Å². The summed E-state index contributed by atoms with van der Waals surface area (Å²) >= 11 is 5.60. The van der Waals surface area contributed by atoms with Gasteiger partial charge in [-0.05, 0) is 18.2 Å². The first-order valence-electron chi connectivity index (χ1n) is 4.07. The van der Waals surface area contributed by atoms with Crippen molar-refractivity contribution in [1.29, 1.82) is 10.7 Å². The maximum absolute atomic E-state index is 12.9. The molecule has 82 valence electrons. The number of hydrazone groups is 1. The number of anilines is 1. The Hall–Kier alpha value is -2.13. The van der Waals surface area contributed by atoms with E-state index >= 15 is 0 Å².